The fraction of sp³-hybridized carbons (Fsp3) is 1.00. The summed E-state index contributed by atoms with van der Waals surface area (Å²) in [5.41, 5.74) is 0. The van der Waals surface area contributed by atoms with E-state index in [0.29, 0.717) is 0 Å². The van der Waals surface area contributed by atoms with E-state index in [-0.39, 0.29) is 0 Å². The summed E-state index contributed by atoms with van der Waals surface area (Å²) < 4.78 is 0. The van der Waals surface area contributed by atoms with Gasteiger partial charge in [-0.25, -0.2) is 0 Å². The van der Waals surface area contributed by atoms with Crippen molar-refractivity contribution in [1.82, 2.24) is 9.80 Å². The molecule has 7 aliphatic carbocycles. The minimum atomic E-state index is 0.898. The molecule has 50 heavy (non-hydrogen) atoms. The first kappa shape index (κ1) is 35.6. The fourth-order valence-electron chi connectivity index (χ4n) is 17.1. The van der Waals surface area contributed by atoms with Crippen molar-refractivity contribution in [3.63, 3.8) is 0 Å². The maximum absolute atomic E-state index is 3.31. The van der Waals surface area contributed by atoms with Crippen LogP contribution in [0.15, 0.2) is 0 Å². The monoisotopic (exact) mass is 687 g/mol. The van der Waals surface area contributed by atoms with Crippen molar-refractivity contribution in [2.45, 2.75) is 243 Å². The molecule has 0 aromatic rings. The molecule has 2 heterocycles. The van der Waals surface area contributed by atoms with Crippen LogP contribution in [0.1, 0.15) is 206 Å². The van der Waals surface area contributed by atoms with E-state index < -0.39 is 0 Å². The number of hydrogen-bond acceptors (Lipinski definition) is 2. The first-order valence-corrected chi connectivity index (χ1v) is 24.3. The molecule has 2 saturated heterocycles. The fourth-order valence-corrected chi connectivity index (χ4v) is 17.1. The van der Waals surface area contributed by atoms with Gasteiger partial charge in [-0.05, 0) is 181 Å². The summed E-state index contributed by atoms with van der Waals surface area (Å²) in [5.74, 6) is 10.6. The second-order valence-electron chi connectivity index (χ2n) is 21.0. The topological polar surface area (TPSA) is 6.48 Å². The Bertz CT molecular complexity index is 1060. The Hall–Kier alpha value is -0.0800. The molecule has 0 radical (unpaired) electrons. The molecular weight excluding hydrogens is 605 g/mol. The summed E-state index contributed by atoms with van der Waals surface area (Å²) in [5, 5.41) is 0. The van der Waals surface area contributed by atoms with Crippen LogP contribution in [0, 0.1) is 59.2 Å². The van der Waals surface area contributed by atoms with Gasteiger partial charge in [0.2, 0.25) is 0 Å². The molecule has 0 amide bonds. The lowest BCUT2D eigenvalue weighted by atomic mass is 9.61. The minimum Gasteiger partial charge on any atom is -0.294 e. The molecular formula is C48H82N2. The van der Waals surface area contributed by atoms with Crippen LogP contribution in [0.25, 0.3) is 0 Å². The van der Waals surface area contributed by atoms with E-state index in [1.54, 1.807) is 122 Å². The third-order valence-corrected chi connectivity index (χ3v) is 19.2. The molecule has 10 atom stereocenters. The van der Waals surface area contributed by atoms with Gasteiger partial charge in [0.25, 0.3) is 0 Å². The Balaban J connectivity index is 0.796. The maximum atomic E-state index is 3.31. The van der Waals surface area contributed by atoms with Crippen LogP contribution in [0.4, 0.5) is 0 Å². The molecule has 2 nitrogen and oxygen atoms in total. The SMILES string of the molecule is CCC1C2CC(C3CCC(C4CCC5C(C4)C4CCCCC4N5C4CCC(C5CCCCC5)CC4)CC3)CCC2N(C2CCCCC2)C1CC. The predicted octanol–water partition coefficient (Wildman–Crippen LogP) is 12.8. The standard InChI is InChI=1S/C48H82N2/c1-3-41-43-31-37(25-29-47(43)49(45(41)4-2)39-15-9-6-10-16-39)35-19-21-36(22-20-35)38-26-30-48-44(32-38)42-17-11-12-18-46(42)50(48)40-27-23-34(24-28-40)33-13-7-5-8-14-33/h33-48H,3-32H2,1-2H3. The molecule has 10 unspecified atom stereocenters. The van der Waals surface area contributed by atoms with Crippen LogP contribution >= 0.6 is 0 Å². The number of hydrogen-bond donors (Lipinski definition) is 0. The number of rotatable bonds is 7. The van der Waals surface area contributed by atoms with E-state index in [2.05, 4.69) is 23.6 Å². The molecule has 0 aromatic carbocycles. The summed E-state index contributed by atoms with van der Waals surface area (Å²) >= 11 is 0. The van der Waals surface area contributed by atoms with Crippen molar-refractivity contribution >= 4 is 0 Å². The van der Waals surface area contributed by atoms with E-state index in [9.17, 15) is 0 Å². The number of nitrogens with zero attached hydrogens (tertiary/aromatic N) is 2. The zero-order chi connectivity index (χ0) is 33.6. The van der Waals surface area contributed by atoms with Crippen LogP contribution in [-0.2, 0) is 0 Å². The molecule has 0 bridgehead atoms. The molecule has 0 N–H and O–H groups in total. The van der Waals surface area contributed by atoms with E-state index in [1.165, 1.54) is 70.6 Å². The van der Waals surface area contributed by atoms with Crippen molar-refractivity contribution < 1.29 is 0 Å². The van der Waals surface area contributed by atoms with Crippen LogP contribution in [0.2, 0.25) is 0 Å². The normalized spacial score (nSPS) is 48.6. The van der Waals surface area contributed by atoms with Gasteiger partial charge in [-0.15, -0.1) is 0 Å². The van der Waals surface area contributed by atoms with Crippen molar-refractivity contribution in [2.24, 2.45) is 59.2 Å². The molecule has 0 aromatic heterocycles. The maximum Gasteiger partial charge on any atom is 0.0133 e. The first-order chi connectivity index (χ1) is 24.7. The van der Waals surface area contributed by atoms with Crippen LogP contribution in [0.5, 0.6) is 0 Å². The summed E-state index contributed by atoms with van der Waals surface area (Å²) in [6.07, 6.45) is 46.5. The number of likely N-dealkylation sites (tertiary alicyclic amines) is 2. The first-order valence-electron chi connectivity index (χ1n) is 24.3. The zero-order valence-electron chi connectivity index (χ0n) is 33.3. The second-order valence-corrected chi connectivity index (χ2v) is 21.0. The molecule has 0 spiro atoms. The third kappa shape index (κ3) is 6.76. The number of fused-ring (bicyclic) bond motifs is 4. The van der Waals surface area contributed by atoms with Gasteiger partial charge < -0.3 is 0 Å². The summed E-state index contributed by atoms with van der Waals surface area (Å²) in [6, 6.07) is 5.67. The lowest BCUT2D eigenvalue weighted by molar-refractivity contribution is 0.0281. The van der Waals surface area contributed by atoms with Crippen molar-refractivity contribution in [1.29, 1.82) is 0 Å². The molecule has 9 fully saturated rings. The zero-order valence-corrected chi connectivity index (χ0v) is 33.3. The molecule has 7 saturated carbocycles. The van der Waals surface area contributed by atoms with Crippen molar-refractivity contribution in [3.8, 4) is 0 Å². The highest BCUT2D eigenvalue weighted by Gasteiger charge is 2.55. The second kappa shape index (κ2) is 16.0. The van der Waals surface area contributed by atoms with Crippen molar-refractivity contribution in [3.05, 3.63) is 0 Å². The molecule has 2 heteroatoms. The van der Waals surface area contributed by atoms with Gasteiger partial charge in [0, 0.05) is 36.3 Å². The molecule has 2 aliphatic heterocycles. The van der Waals surface area contributed by atoms with Gasteiger partial charge in [-0.3, -0.25) is 9.80 Å². The largest absolute Gasteiger partial charge is 0.294 e. The van der Waals surface area contributed by atoms with Crippen LogP contribution < -0.4 is 0 Å². The quantitative estimate of drug-likeness (QED) is 0.263. The summed E-state index contributed by atoms with van der Waals surface area (Å²) in [6.45, 7) is 5.09. The van der Waals surface area contributed by atoms with Gasteiger partial charge in [-0.1, -0.05) is 84.5 Å². The smallest absolute Gasteiger partial charge is 0.0133 e. The van der Waals surface area contributed by atoms with E-state index >= 15 is 0 Å². The summed E-state index contributed by atoms with van der Waals surface area (Å²) in [7, 11) is 0. The Labute approximate surface area is 310 Å². The third-order valence-electron chi connectivity index (χ3n) is 19.2. The average molecular weight is 687 g/mol. The minimum absolute atomic E-state index is 0.898. The van der Waals surface area contributed by atoms with Crippen LogP contribution in [0.3, 0.4) is 0 Å². The highest BCUT2D eigenvalue weighted by molar-refractivity contribution is 5.08. The summed E-state index contributed by atoms with van der Waals surface area (Å²) in [4.78, 5) is 6.51. The Morgan fingerprint density at radius 2 is 0.800 bits per heavy atom. The van der Waals surface area contributed by atoms with E-state index in [4.69, 9.17) is 0 Å². The van der Waals surface area contributed by atoms with E-state index in [1.807, 2.05) is 0 Å². The van der Waals surface area contributed by atoms with Gasteiger partial charge >= 0.3 is 0 Å². The predicted molar refractivity (Wildman–Crippen MR) is 211 cm³/mol. The van der Waals surface area contributed by atoms with Gasteiger partial charge in [0.15, 0.2) is 0 Å². The molecule has 9 aliphatic rings. The van der Waals surface area contributed by atoms with E-state index in [0.717, 1.165) is 95.4 Å². The Morgan fingerprint density at radius 3 is 1.44 bits per heavy atom. The molecule has 9 rings (SSSR count). The van der Waals surface area contributed by atoms with Gasteiger partial charge in [-0.2, -0.15) is 0 Å². The van der Waals surface area contributed by atoms with Crippen LogP contribution in [-0.4, -0.2) is 46.1 Å². The molecule has 284 valence electrons. The van der Waals surface area contributed by atoms with Gasteiger partial charge in [0.1, 0.15) is 0 Å². The van der Waals surface area contributed by atoms with Gasteiger partial charge in [0.05, 0.1) is 0 Å². The Morgan fingerprint density at radius 1 is 0.340 bits per heavy atom. The highest BCUT2D eigenvalue weighted by Crippen LogP contribution is 2.57. The lowest BCUT2D eigenvalue weighted by Gasteiger charge is -2.47. The Kier molecular flexibility index (Phi) is 11.4. The highest BCUT2D eigenvalue weighted by atomic mass is 15.3. The lowest BCUT2D eigenvalue weighted by Crippen LogP contribution is -2.49. The average Bonchev–Trinajstić information content (AvgIpc) is 3.70. The van der Waals surface area contributed by atoms with Crippen molar-refractivity contribution in [2.75, 3.05) is 0 Å².